The highest BCUT2D eigenvalue weighted by Gasteiger charge is 2.15. The van der Waals surface area contributed by atoms with Gasteiger partial charge in [0.05, 0.1) is 12.3 Å². The first-order valence-corrected chi connectivity index (χ1v) is 9.67. The Labute approximate surface area is 168 Å². The number of halogens is 2. The highest BCUT2D eigenvalue weighted by molar-refractivity contribution is 8.00. The quantitative estimate of drug-likeness (QED) is 0.270. The second-order valence-corrected chi connectivity index (χ2v) is 7.31. The van der Waals surface area contributed by atoms with Gasteiger partial charge in [0.1, 0.15) is 17.2 Å². The van der Waals surface area contributed by atoms with E-state index >= 15 is 0 Å². The van der Waals surface area contributed by atoms with Crippen LogP contribution >= 0.6 is 23.4 Å². The van der Waals surface area contributed by atoms with Gasteiger partial charge in [-0.25, -0.2) is 19.0 Å². The van der Waals surface area contributed by atoms with Crippen molar-refractivity contribution in [2.45, 2.75) is 11.6 Å². The number of rotatable bonds is 6. The van der Waals surface area contributed by atoms with Crippen molar-refractivity contribution >= 4 is 40.3 Å². The number of fused-ring (bicyclic) bond motifs is 1. The molecule has 2 heterocycles. The Hall–Kier alpha value is -2.84. The lowest BCUT2D eigenvalue weighted by atomic mass is 10.1. The van der Waals surface area contributed by atoms with Crippen molar-refractivity contribution in [3.63, 3.8) is 0 Å². The number of hydrogen-bond donors (Lipinski definition) is 0. The molecule has 0 amide bonds. The largest absolute Gasteiger partial charge is 0.293 e. The normalized spacial score (nSPS) is 11.1. The van der Waals surface area contributed by atoms with Crippen LogP contribution in [-0.2, 0) is 6.54 Å². The van der Waals surface area contributed by atoms with E-state index in [4.69, 9.17) is 11.6 Å². The minimum absolute atomic E-state index is 0.0489. The predicted molar refractivity (Wildman–Crippen MR) is 105 cm³/mol. The highest BCUT2D eigenvalue weighted by atomic mass is 35.5. The summed E-state index contributed by atoms with van der Waals surface area (Å²) < 4.78 is 15.4. The number of Topliss-reactive ketones (excluding diaryl/α,β-unsaturated/α-hetero) is 1. The number of benzene rings is 2. The Balaban J connectivity index is 1.54. The van der Waals surface area contributed by atoms with Crippen molar-refractivity contribution in [2.75, 3.05) is 5.75 Å². The molecule has 0 aliphatic rings. The first-order valence-electron chi connectivity index (χ1n) is 8.31. The molecule has 0 atom stereocenters. The summed E-state index contributed by atoms with van der Waals surface area (Å²) in [6.45, 7) is 0.202. The van der Waals surface area contributed by atoms with Gasteiger partial charge < -0.3 is 0 Å². The summed E-state index contributed by atoms with van der Waals surface area (Å²) in [5, 5.41) is 9.32. The van der Waals surface area contributed by atoms with Gasteiger partial charge in [-0.15, -0.1) is 5.10 Å². The van der Waals surface area contributed by atoms with Gasteiger partial charge in [0, 0.05) is 16.1 Å². The van der Waals surface area contributed by atoms with Gasteiger partial charge in [-0.1, -0.05) is 46.8 Å². The van der Waals surface area contributed by atoms with Gasteiger partial charge in [0.15, 0.2) is 16.9 Å². The molecule has 140 valence electrons. The second kappa shape index (κ2) is 8.04. The first-order chi connectivity index (χ1) is 13.6. The molecule has 4 aromatic rings. The van der Waals surface area contributed by atoms with Gasteiger partial charge in [-0.3, -0.25) is 4.79 Å². The third-order valence-corrected chi connectivity index (χ3v) is 5.28. The molecule has 0 saturated carbocycles. The average Bonchev–Trinajstić information content (AvgIpc) is 3.12. The lowest BCUT2D eigenvalue weighted by Crippen LogP contribution is -2.05. The Morgan fingerprint density at radius 1 is 1.11 bits per heavy atom. The molecule has 4 rings (SSSR count). The van der Waals surface area contributed by atoms with Gasteiger partial charge >= 0.3 is 0 Å². The number of hydrogen-bond acceptors (Lipinski definition) is 6. The van der Waals surface area contributed by atoms with Crippen LogP contribution in [0.5, 0.6) is 0 Å². The van der Waals surface area contributed by atoms with Gasteiger partial charge in [-0.05, 0) is 30.3 Å². The molecule has 0 aliphatic heterocycles. The van der Waals surface area contributed by atoms with Crippen LogP contribution in [0.3, 0.4) is 0 Å². The number of aromatic nitrogens is 5. The molecule has 0 spiro atoms. The van der Waals surface area contributed by atoms with Crippen molar-refractivity contribution in [3.8, 4) is 0 Å². The predicted octanol–water partition coefficient (Wildman–Crippen LogP) is 4.04. The minimum atomic E-state index is -0.316. The maximum atomic E-state index is 13.9. The zero-order valence-electron chi connectivity index (χ0n) is 14.4. The van der Waals surface area contributed by atoms with E-state index in [-0.39, 0.29) is 23.9 Å². The lowest BCUT2D eigenvalue weighted by Gasteiger charge is -2.04. The summed E-state index contributed by atoms with van der Waals surface area (Å²) in [6, 6.07) is 13.2. The summed E-state index contributed by atoms with van der Waals surface area (Å²) in [6.07, 6.45) is 1.39. The summed E-state index contributed by atoms with van der Waals surface area (Å²) in [7, 11) is 0. The lowest BCUT2D eigenvalue weighted by molar-refractivity contribution is 0.102. The third-order valence-electron chi connectivity index (χ3n) is 4.05. The number of carbonyl (C=O) groups is 1. The van der Waals surface area contributed by atoms with Gasteiger partial charge in [-0.2, -0.15) is 0 Å². The Bertz CT molecular complexity index is 1150. The molecule has 2 aromatic heterocycles. The molecule has 2 aromatic carbocycles. The van der Waals surface area contributed by atoms with E-state index < -0.39 is 0 Å². The van der Waals surface area contributed by atoms with Crippen LogP contribution < -0.4 is 0 Å². The van der Waals surface area contributed by atoms with E-state index in [0.717, 1.165) is 0 Å². The molecule has 0 radical (unpaired) electrons. The standard InChI is InChI=1S/C19H13ClFN5OS/c20-14-7-5-12(6-8-14)16(27)10-28-19-17-18(22-11-23-19)26(25-24-17)9-13-3-1-2-4-15(13)21/h1-8,11H,9-10H2. The number of thioether (sulfide) groups is 1. The Morgan fingerprint density at radius 3 is 2.68 bits per heavy atom. The Kier molecular flexibility index (Phi) is 5.31. The molecule has 0 aliphatic carbocycles. The summed E-state index contributed by atoms with van der Waals surface area (Å²) in [4.78, 5) is 20.8. The highest BCUT2D eigenvalue weighted by Crippen LogP contribution is 2.24. The van der Waals surface area contributed by atoms with Crippen LogP contribution in [-0.4, -0.2) is 36.5 Å². The smallest absolute Gasteiger partial charge is 0.183 e. The molecule has 0 saturated heterocycles. The molecule has 6 nitrogen and oxygen atoms in total. The van der Waals surface area contributed by atoms with Crippen molar-refractivity contribution < 1.29 is 9.18 Å². The van der Waals surface area contributed by atoms with Crippen LogP contribution in [0.1, 0.15) is 15.9 Å². The van der Waals surface area contributed by atoms with E-state index in [0.29, 0.717) is 32.3 Å². The molecule has 9 heteroatoms. The zero-order valence-corrected chi connectivity index (χ0v) is 16.0. The number of nitrogens with zero attached hydrogens (tertiary/aromatic N) is 5. The summed E-state index contributed by atoms with van der Waals surface area (Å²) in [5.74, 6) is -0.177. The van der Waals surface area contributed by atoms with Crippen LogP contribution in [0.2, 0.25) is 5.02 Å². The van der Waals surface area contributed by atoms with Crippen LogP contribution in [0.25, 0.3) is 11.2 Å². The second-order valence-electron chi connectivity index (χ2n) is 5.91. The zero-order chi connectivity index (χ0) is 19.5. The molecule has 0 bridgehead atoms. The van der Waals surface area contributed by atoms with E-state index in [9.17, 15) is 9.18 Å². The Morgan fingerprint density at radius 2 is 1.89 bits per heavy atom. The number of carbonyl (C=O) groups excluding carboxylic acids is 1. The van der Waals surface area contributed by atoms with E-state index in [2.05, 4.69) is 20.3 Å². The maximum Gasteiger partial charge on any atom is 0.183 e. The van der Waals surface area contributed by atoms with Crippen molar-refractivity contribution in [3.05, 3.63) is 76.8 Å². The summed E-state index contributed by atoms with van der Waals surface area (Å²) >= 11 is 7.11. The third kappa shape index (κ3) is 3.88. The minimum Gasteiger partial charge on any atom is -0.293 e. The monoisotopic (exact) mass is 413 g/mol. The summed E-state index contributed by atoms with van der Waals surface area (Å²) in [5.41, 5.74) is 2.03. The fraction of sp³-hybridized carbons (Fsp3) is 0.105. The SMILES string of the molecule is O=C(CSc1ncnc2c1nnn2Cc1ccccc1F)c1ccc(Cl)cc1. The molecule has 28 heavy (non-hydrogen) atoms. The number of ketones is 1. The van der Waals surface area contributed by atoms with Crippen molar-refractivity contribution in [1.82, 2.24) is 25.0 Å². The van der Waals surface area contributed by atoms with E-state index in [1.807, 2.05) is 0 Å². The van der Waals surface area contributed by atoms with Crippen LogP contribution in [0, 0.1) is 5.82 Å². The fourth-order valence-electron chi connectivity index (χ4n) is 2.62. The fourth-order valence-corrected chi connectivity index (χ4v) is 3.58. The molecule has 0 N–H and O–H groups in total. The van der Waals surface area contributed by atoms with Crippen LogP contribution in [0.15, 0.2) is 59.9 Å². The molecular formula is C19H13ClFN5OS. The molecular weight excluding hydrogens is 401 g/mol. The van der Waals surface area contributed by atoms with Crippen molar-refractivity contribution in [1.29, 1.82) is 0 Å². The van der Waals surface area contributed by atoms with Gasteiger partial charge in [0.25, 0.3) is 0 Å². The molecule has 0 unspecified atom stereocenters. The topological polar surface area (TPSA) is 73.6 Å². The molecule has 0 fully saturated rings. The van der Waals surface area contributed by atoms with E-state index in [1.165, 1.54) is 28.8 Å². The van der Waals surface area contributed by atoms with E-state index in [1.54, 1.807) is 42.5 Å². The first kappa shape index (κ1) is 18.5. The van der Waals surface area contributed by atoms with Crippen LogP contribution in [0.4, 0.5) is 4.39 Å². The average molecular weight is 414 g/mol. The maximum absolute atomic E-state index is 13.9. The van der Waals surface area contributed by atoms with Gasteiger partial charge in [0.2, 0.25) is 0 Å². The van der Waals surface area contributed by atoms with Crippen molar-refractivity contribution in [2.24, 2.45) is 0 Å².